The van der Waals surface area contributed by atoms with E-state index in [0.717, 1.165) is 51.0 Å². The molecule has 5 nitrogen and oxygen atoms in total. The number of hydrogen-bond acceptors (Lipinski definition) is 3. The largest absolute Gasteiger partial charge is 0.342 e. The predicted octanol–water partition coefficient (Wildman–Crippen LogP) is 2.99. The first-order valence-electron chi connectivity index (χ1n) is 8.78. The van der Waals surface area contributed by atoms with Crippen LogP contribution in [0.2, 0.25) is 0 Å². The molecule has 5 heteroatoms. The topological polar surface area (TPSA) is 51.0 Å². The number of likely N-dealkylation sites (tertiary alicyclic amines) is 1. The fourth-order valence-electron chi connectivity index (χ4n) is 3.96. The number of allylic oxidation sites excluding steroid dienone is 1. The maximum atomic E-state index is 12.5. The molecule has 1 saturated heterocycles. The Morgan fingerprint density at radius 3 is 2.65 bits per heavy atom. The van der Waals surface area contributed by atoms with E-state index in [4.69, 9.17) is 0 Å². The van der Waals surface area contributed by atoms with Crippen LogP contribution in [0.4, 0.5) is 0 Å². The molecule has 0 radical (unpaired) electrons. The molecule has 0 atom stereocenters. The maximum absolute atomic E-state index is 12.5. The van der Waals surface area contributed by atoms with E-state index in [9.17, 15) is 4.79 Å². The molecule has 126 valence electrons. The monoisotopic (exact) mass is 316 g/mol. The van der Waals surface area contributed by atoms with Crippen molar-refractivity contribution in [1.82, 2.24) is 19.9 Å². The standard InChI is InChI=1S/C18H28N4O/c1-4-5-16-13-22(20-19-16)12-14-6-8-21(9-7-14)17(23)15-10-18(2,3)11-15/h4-5,13-15H,6-12H2,1-3H3/b5-4+. The molecule has 0 bridgehead atoms. The molecule has 2 fully saturated rings. The van der Waals surface area contributed by atoms with E-state index >= 15 is 0 Å². The Morgan fingerprint density at radius 1 is 1.35 bits per heavy atom. The first-order chi connectivity index (χ1) is 11.0. The average molecular weight is 316 g/mol. The lowest BCUT2D eigenvalue weighted by Crippen LogP contribution is -2.47. The number of rotatable bonds is 4. The Bertz CT molecular complexity index is 574. The molecule has 1 amide bonds. The van der Waals surface area contributed by atoms with Crippen molar-refractivity contribution < 1.29 is 4.79 Å². The van der Waals surface area contributed by atoms with Gasteiger partial charge < -0.3 is 4.90 Å². The minimum absolute atomic E-state index is 0.278. The molecule has 2 aliphatic rings. The molecule has 1 aliphatic carbocycles. The van der Waals surface area contributed by atoms with Crippen LogP contribution in [-0.4, -0.2) is 38.9 Å². The molecule has 1 aromatic rings. The van der Waals surface area contributed by atoms with E-state index in [1.165, 1.54) is 0 Å². The first kappa shape index (κ1) is 16.2. The zero-order valence-corrected chi connectivity index (χ0v) is 14.5. The van der Waals surface area contributed by atoms with Gasteiger partial charge in [-0.05, 0) is 50.0 Å². The van der Waals surface area contributed by atoms with Crippen LogP contribution in [0.15, 0.2) is 12.3 Å². The van der Waals surface area contributed by atoms with Gasteiger partial charge in [0.15, 0.2) is 0 Å². The molecule has 1 aromatic heterocycles. The number of piperidine rings is 1. The van der Waals surface area contributed by atoms with Gasteiger partial charge in [0.25, 0.3) is 0 Å². The van der Waals surface area contributed by atoms with Crippen molar-refractivity contribution in [2.75, 3.05) is 13.1 Å². The van der Waals surface area contributed by atoms with Crippen molar-refractivity contribution >= 4 is 12.0 Å². The van der Waals surface area contributed by atoms with Crippen LogP contribution in [-0.2, 0) is 11.3 Å². The molecule has 0 unspecified atom stereocenters. The van der Waals surface area contributed by atoms with Gasteiger partial charge >= 0.3 is 0 Å². The summed E-state index contributed by atoms with van der Waals surface area (Å²) in [6.07, 6.45) is 10.2. The van der Waals surface area contributed by atoms with Crippen LogP contribution in [0.1, 0.15) is 52.1 Å². The van der Waals surface area contributed by atoms with Crippen LogP contribution in [0, 0.1) is 17.3 Å². The van der Waals surface area contributed by atoms with Gasteiger partial charge in [-0.25, -0.2) is 0 Å². The number of carbonyl (C=O) groups excluding carboxylic acids is 1. The number of aromatic nitrogens is 3. The van der Waals surface area contributed by atoms with Crippen LogP contribution < -0.4 is 0 Å². The zero-order chi connectivity index (χ0) is 16.4. The summed E-state index contributed by atoms with van der Waals surface area (Å²) < 4.78 is 1.94. The Labute approximate surface area is 138 Å². The molecular weight excluding hydrogens is 288 g/mol. The molecule has 1 saturated carbocycles. The highest BCUT2D eigenvalue weighted by Crippen LogP contribution is 2.45. The fraction of sp³-hybridized carbons (Fsp3) is 0.722. The van der Waals surface area contributed by atoms with Gasteiger partial charge in [0.2, 0.25) is 5.91 Å². The van der Waals surface area contributed by atoms with Crippen LogP contribution >= 0.6 is 0 Å². The third-order valence-electron chi connectivity index (χ3n) is 5.21. The third-order valence-corrected chi connectivity index (χ3v) is 5.21. The van der Waals surface area contributed by atoms with Crippen molar-refractivity contribution in [3.63, 3.8) is 0 Å². The minimum atomic E-state index is 0.278. The number of nitrogens with zero attached hydrogens (tertiary/aromatic N) is 4. The van der Waals surface area contributed by atoms with Gasteiger partial charge in [-0.1, -0.05) is 25.1 Å². The Morgan fingerprint density at radius 2 is 2.04 bits per heavy atom. The van der Waals surface area contributed by atoms with Crippen LogP contribution in [0.25, 0.3) is 6.08 Å². The quantitative estimate of drug-likeness (QED) is 0.858. The molecule has 0 aromatic carbocycles. The second-order valence-electron chi connectivity index (χ2n) is 7.90. The highest BCUT2D eigenvalue weighted by molar-refractivity contribution is 5.80. The fourth-order valence-corrected chi connectivity index (χ4v) is 3.96. The van der Waals surface area contributed by atoms with Gasteiger partial charge in [0, 0.05) is 25.6 Å². The van der Waals surface area contributed by atoms with Gasteiger partial charge in [0.1, 0.15) is 5.69 Å². The highest BCUT2D eigenvalue weighted by Gasteiger charge is 2.42. The van der Waals surface area contributed by atoms with Crippen molar-refractivity contribution in [2.24, 2.45) is 17.3 Å². The third kappa shape index (κ3) is 3.82. The van der Waals surface area contributed by atoms with Gasteiger partial charge in [0.05, 0.1) is 6.20 Å². The molecule has 3 rings (SSSR count). The second-order valence-corrected chi connectivity index (χ2v) is 7.90. The molecular formula is C18H28N4O. The van der Waals surface area contributed by atoms with Gasteiger partial charge in [-0.15, -0.1) is 5.10 Å². The summed E-state index contributed by atoms with van der Waals surface area (Å²) in [4.78, 5) is 14.6. The second kappa shape index (κ2) is 6.46. The summed E-state index contributed by atoms with van der Waals surface area (Å²) >= 11 is 0. The average Bonchev–Trinajstić information content (AvgIpc) is 2.92. The lowest BCUT2D eigenvalue weighted by Gasteiger charge is -2.44. The normalized spacial score (nSPS) is 22.5. The van der Waals surface area contributed by atoms with E-state index in [0.29, 0.717) is 17.2 Å². The van der Waals surface area contributed by atoms with E-state index in [1.54, 1.807) is 0 Å². The van der Waals surface area contributed by atoms with Gasteiger partial charge in [-0.2, -0.15) is 0 Å². The summed E-state index contributed by atoms with van der Waals surface area (Å²) in [6.45, 7) is 9.19. The number of carbonyl (C=O) groups is 1. The van der Waals surface area contributed by atoms with E-state index in [1.807, 2.05) is 30.0 Å². The minimum Gasteiger partial charge on any atom is -0.342 e. The van der Waals surface area contributed by atoms with Crippen molar-refractivity contribution in [1.29, 1.82) is 0 Å². The summed E-state index contributed by atoms with van der Waals surface area (Å²) in [5.41, 5.74) is 1.28. The maximum Gasteiger partial charge on any atom is 0.225 e. The number of amides is 1. The molecule has 2 heterocycles. The Kier molecular flexibility index (Phi) is 4.55. The van der Waals surface area contributed by atoms with E-state index in [-0.39, 0.29) is 5.92 Å². The van der Waals surface area contributed by atoms with Crippen molar-refractivity contribution in [2.45, 2.75) is 53.0 Å². The molecule has 0 N–H and O–H groups in total. The van der Waals surface area contributed by atoms with Crippen LogP contribution in [0.3, 0.4) is 0 Å². The summed E-state index contributed by atoms with van der Waals surface area (Å²) in [7, 11) is 0. The van der Waals surface area contributed by atoms with Gasteiger partial charge in [-0.3, -0.25) is 9.48 Å². The van der Waals surface area contributed by atoms with E-state index < -0.39 is 0 Å². The summed E-state index contributed by atoms with van der Waals surface area (Å²) in [5.74, 6) is 1.26. The lowest BCUT2D eigenvalue weighted by atomic mass is 9.64. The molecule has 0 spiro atoms. The SMILES string of the molecule is C/C=C/c1cn(CC2CCN(C(=O)C3CC(C)(C)C3)CC2)nn1. The highest BCUT2D eigenvalue weighted by atomic mass is 16.2. The zero-order valence-electron chi connectivity index (χ0n) is 14.5. The van der Waals surface area contributed by atoms with Crippen LogP contribution in [0.5, 0.6) is 0 Å². The Balaban J connectivity index is 1.45. The number of hydrogen-bond donors (Lipinski definition) is 0. The lowest BCUT2D eigenvalue weighted by molar-refractivity contribution is -0.144. The molecule has 1 aliphatic heterocycles. The smallest absolute Gasteiger partial charge is 0.225 e. The van der Waals surface area contributed by atoms with Crippen molar-refractivity contribution in [3.8, 4) is 0 Å². The molecule has 23 heavy (non-hydrogen) atoms. The summed E-state index contributed by atoms with van der Waals surface area (Å²) in [6, 6.07) is 0. The summed E-state index contributed by atoms with van der Waals surface area (Å²) in [5, 5.41) is 8.32. The predicted molar refractivity (Wildman–Crippen MR) is 90.5 cm³/mol. The van der Waals surface area contributed by atoms with E-state index in [2.05, 4.69) is 29.1 Å². The van der Waals surface area contributed by atoms with Crippen molar-refractivity contribution in [3.05, 3.63) is 18.0 Å². The first-order valence-corrected chi connectivity index (χ1v) is 8.78. The Hall–Kier alpha value is -1.65.